The largest absolute Gasteiger partial charge is 0.495 e. The smallest absolute Gasteiger partial charge is 0.313 e. The number of amides is 2. The Morgan fingerprint density at radius 1 is 1.08 bits per heavy atom. The van der Waals surface area contributed by atoms with Crippen molar-refractivity contribution in [2.24, 2.45) is 0 Å². The first-order valence-electron chi connectivity index (χ1n) is 7.57. The van der Waals surface area contributed by atoms with Crippen molar-refractivity contribution in [2.75, 3.05) is 19.0 Å². The zero-order chi connectivity index (χ0) is 17.4. The fourth-order valence-electron chi connectivity index (χ4n) is 2.18. The quantitative estimate of drug-likeness (QED) is 0.624. The van der Waals surface area contributed by atoms with Crippen LogP contribution in [0.1, 0.15) is 12.0 Å². The summed E-state index contributed by atoms with van der Waals surface area (Å²) in [4.78, 5) is 23.8. The van der Waals surface area contributed by atoms with Crippen LogP contribution in [-0.2, 0) is 16.0 Å². The lowest BCUT2D eigenvalue weighted by Gasteiger charge is -2.10. The van der Waals surface area contributed by atoms with Gasteiger partial charge in [-0.2, -0.15) is 0 Å². The first-order chi connectivity index (χ1) is 11.6. The number of nitrogens with one attached hydrogen (secondary N) is 2. The number of ether oxygens (including phenoxy) is 1. The molecule has 0 bridgehead atoms. The lowest BCUT2D eigenvalue weighted by atomic mass is 10.1. The van der Waals surface area contributed by atoms with Gasteiger partial charge in [0.1, 0.15) is 5.75 Å². The van der Waals surface area contributed by atoms with Crippen LogP contribution >= 0.6 is 11.6 Å². The summed E-state index contributed by atoms with van der Waals surface area (Å²) in [6.45, 7) is 0.424. The molecule has 0 saturated carbocycles. The first kappa shape index (κ1) is 17.8. The molecule has 0 aliphatic heterocycles. The zero-order valence-corrected chi connectivity index (χ0v) is 14.1. The Labute approximate surface area is 146 Å². The van der Waals surface area contributed by atoms with Crippen molar-refractivity contribution in [3.8, 4) is 5.75 Å². The predicted octanol–water partition coefficient (Wildman–Crippen LogP) is 3.04. The second kappa shape index (κ2) is 8.93. The molecule has 2 N–H and O–H groups in total. The van der Waals surface area contributed by atoms with Gasteiger partial charge in [-0.25, -0.2) is 0 Å². The molecule has 0 aromatic heterocycles. The molecule has 5 nitrogen and oxygen atoms in total. The van der Waals surface area contributed by atoms with Crippen molar-refractivity contribution in [3.63, 3.8) is 0 Å². The van der Waals surface area contributed by atoms with Crippen LogP contribution in [0.4, 0.5) is 5.69 Å². The Balaban J connectivity index is 1.80. The molecule has 0 atom stereocenters. The third kappa shape index (κ3) is 5.28. The number of aryl methyl sites for hydroxylation is 1. The Kier molecular flexibility index (Phi) is 6.63. The minimum atomic E-state index is -0.754. The van der Waals surface area contributed by atoms with Crippen LogP contribution in [0, 0.1) is 0 Å². The summed E-state index contributed by atoms with van der Waals surface area (Å²) in [5.74, 6) is -1.01. The Hall–Kier alpha value is -2.53. The lowest BCUT2D eigenvalue weighted by molar-refractivity contribution is -0.136. The van der Waals surface area contributed by atoms with E-state index in [-0.39, 0.29) is 0 Å². The highest BCUT2D eigenvalue weighted by Crippen LogP contribution is 2.27. The Morgan fingerprint density at radius 3 is 2.54 bits per heavy atom. The van der Waals surface area contributed by atoms with Gasteiger partial charge in [0, 0.05) is 11.6 Å². The molecule has 0 aliphatic rings. The Bertz CT molecular complexity index is 705. The van der Waals surface area contributed by atoms with Crippen molar-refractivity contribution in [1.82, 2.24) is 5.32 Å². The van der Waals surface area contributed by atoms with E-state index in [0.717, 1.165) is 12.8 Å². The Morgan fingerprint density at radius 2 is 1.83 bits per heavy atom. The van der Waals surface area contributed by atoms with E-state index in [4.69, 9.17) is 16.3 Å². The summed E-state index contributed by atoms with van der Waals surface area (Å²) in [6, 6.07) is 14.7. The van der Waals surface area contributed by atoms with Gasteiger partial charge < -0.3 is 15.4 Å². The summed E-state index contributed by atoms with van der Waals surface area (Å²) in [7, 11) is 1.47. The molecule has 24 heavy (non-hydrogen) atoms. The number of anilines is 1. The molecule has 0 saturated heterocycles. The highest BCUT2D eigenvalue weighted by atomic mass is 35.5. The van der Waals surface area contributed by atoms with E-state index in [1.807, 2.05) is 30.3 Å². The van der Waals surface area contributed by atoms with E-state index in [1.165, 1.54) is 18.7 Å². The second-order valence-electron chi connectivity index (χ2n) is 5.14. The van der Waals surface area contributed by atoms with Crippen LogP contribution in [0.5, 0.6) is 5.75 Å². The third-order valence-corrected chi connectivity index (χ3v) is 3.62. The molecule has 2 aromatic carbocycles. The number of carbonyl (C=O) groups is 2. The number of hydrogen-bond donors (Lipinski definition) is 2. The molecule has 0 aliphatic carbocycles. The van der Waals surface area contributed by atoms with Crippen LogP contribution in [0.3, 0.4) is 0 Å². The number of methoxy groups -OCH3 is 1. The molecule has 2 amide bonds. The van der Waals surface area contributed by atoms with Gasteiger partial charge in [0.2, 0.25) is 0 Å². The van der Waals surface area contributed by atoms with Crippen molar-refractivity contribution in [2.45, 2.75) is 12.8 Å². The summed E-state index contributed by atoms with van der Waals surface area (Å²) >= 11 is 5.89. The zero-order valence-electron chi connectivity index (χ0n) is 13.3. The lowest BCUT2D eigenvalue weighted by Crippen LogP contribution is -2.36. The summed E-state index contributed by atoms with van der Waals surface area (Å²) < 4.78 is 5.12. The minimum Gasteiger partial charge on any atom is -0.495 e. The highest BCUT2D eigenvalue weighted by Gasteiger charge is 2.15. The molecule has 2 rings (SSSR count). The van der Waals surface area contributed by atoms with Gasteiger partial charge in [-0.1, -0.05) is 41.9 Å². The SMILES string of the molecule is COc1ccc(Cl)cc1NC(=O)C(=O)NCCCc1ccccc1. The maximum atomic E-state index is 11.9. The van der Waals surface area contributed by atoms with Gasteiger partial charge in [-0.15, -0.1) is 0 Å². The van der Waals surface area contributed by atoms with Crippen LogP contribution in [0.15, 0.2) is 48.5 Å². The van der Waals surface area contributed by atoms with Crippen molar-refractivity contribution in [3.05, 3.63) is 59.1 Å². The van der Waals surface area contributed by atoms with Crippen LogP contribution in [-0.4, -0.2) is 25.5 Å². The maximum absolute atomic E-state index is 11.9. The molecule has 0 radical (unpaired) electrons. The molecule has 0 fully saturated rings. The average molecular weight is 347 g/mol. The van der Waals surface area contributed by atoms with E-state index < -0.39 is 11.8 Å². The van der Waals surface area contributed by atoms with Crippen molar-refractivity contribution >= 4 is 29.1 Å². The maximum Gasteiger partial charge on any atom is 0.313 e. The number of rotatable bonds is 6. The number of hydrogen-bond acceptors (Lipinski definition) is 3. The summed E-state index contributed by atoms with van der Waals surface area (Å²) in [5, 5.41) is 5.54. The average Bonchev–Trinajstić information content (AvgIpc) is 2.59. The van der Waals surface area contributed by atoms with Crippen LogP contribution in [0.25, 0.3) is 0 Å². The standard InChI is InChI=1S/C18H19ClN2O3/c1-24-16-10-9-14(19)12-15(16)21-18(23)17(22)20-11-5-8-13-6-3-2-4-7-13/h2-4,6-7,9-10,12H,5,8,11H2,1H3,(H,20,22)(H,21,23). The molecule has 6 heteroatoms. The van der Waals surface area contributed by atoms with Crippen LogP contribution < -0.4 is 15.4 Å². The number of benzene rings is 2. The molecule has 126 valence electrons. The van der Waals surface area contributed by atoms with Gasteiger partial charge in [0.05, 0.1) is 12.8 Å². The topological polar surface area (TPSA) is 67.4 Å². The minimum absolute atomic E-state index is 0.356. The van der Waals surface area contributed by atoms with Crippen molar-refractivity contribution < 1.29 is 14.3 Å². The molecular weight excluding hydrogens is 328 g/mol. The van der Waals surface area contributed by atoms with Gasteiger partial charge in [0.15, 0.2) is 0 Å². The third-order valence-electron chi connectivity index (χ3n) is 3.39. The second-order valence-corrected chi connectivity index (χ2v) is 5.58. The van der Waals surface area contributed by atoms with E-state index in [1.54, 1.807) is 12.1 Å². The highest BCUT2D eigenvalue weighted by molar-refractivity contribution is 6.40. The molecule has 0 spiro atoms. The number of carbonyl (C=O) groups excluding carboxylic acids is 2. The van der Waals surface area contributed by atoms with E-state index in [9.17, 15) is 9.59 Å². The van der Waals surface area contributed by atoms with Gasteiger partial charge >= 0.3 is 11.8 Å². The fraction of sp³-hybridized carbons (Fsp3) is 0.222. The number of halogens is 1. The van der Waals surface area contributed by atoms with Gasteiger partial charge in [-0.05, 0) is 36.6 Å². The summed E-state index contributed by atoms with van der Waals surface area (Å²) in [5.41, 5.74) is 1.55. The molecule has 0 heterocycles. The first-order valence-corrected chi connectivity index (χ1v) is 7.94. The summed E-state index contributed by atoms with van der Waals surface area (Å²) in [6.07, 6.45) is 1.59. The fourth-order valence-corrected chi connectivity index (χ4v) is 2.35. The monoisotopic (exact) mass is 346 g/mol. The van der Waals surface area contributed by atoms with E-state index in [2.05, 4.69) is 10.6 Å². The van der Waals surface area contributed by atoms with Crippen LogP contribution in [0.2, 0.25) is 5.02 Å². The molecule has 2 aromatic rings. The van der Waals surface area contributed by atoms with Crippen molar-refractivity contribution in [1.29, 1.82) is 0 Å². The van der Waals surface area contributed by atoms with E-state index in [0.29, 0.717) is 23.0 Å². The van der Waals surface area contributed by atoms with Gasteiger partial charge in [-0.3, -0.25) is 9.59 Å². The predicted molar refractivity (Wildman–Crippen MR) is 94.4 cm³/mol. The van der Waals surface area contributed by atoms with E-state index >= 15 is 0 Å². The normalized spacial score (nSPS) is 10.1. The molecule has 0 unspecified atom stereocenters. The van der Waals surface area contributed by atoms with Gasteiger partial charge in [0.25, 0.3) is 0 Å². The molecular formula is C18H19ClN2O3.